The molecule has 0 radical (unpaired) electrons. The number of nitrogens with zero attached hydrogens (tertiary/aromatic N) is 1. The number of hydrogen-bond acceptors (Lipinski definition) is 5. The average molecular weight is 762 g/mol. The van der Waals surface area contributed by atoms with E-state index in [4.69, 9.17) is 9.47 Å². The summed E-state index contributed by atoms with van der Waals surface area (Å²) < 4.78 is 156. The van der Waals surface area contributed by atoms with Gasteiger partial charge >= 0.3 is 30.6 Å². The van der Waals surface area contributed by atoms with E-state index in [1.165, 1.54) is 6.92 Å². The standard InChI is InChI=1S/C37H33F10NO5/c1-18-31(20-10-22(35(39,40)41)13-23(11-20)36(42,43)44)53-33(50)48(18)17-21-16-34(2,3)9-8-24(21)27-14-26(28(37(45,46)47)15-30(27)51-4)25-7-6-19(12-29(25)38)32(49)52-5/h6-7,10-15,18,31H,8-9,16-17H2,1-5H3/t18-,31-/m0/s1. The molecular weight excluding hydrogens is 728 g/mol. The monoisotopic (exact) mass is 761 g/mol. The molecule has 0 N–H and O–H groups in total. The second-order valence-corrected chi connectivity index (χ2v) is 13.7. The Morgan fingerprint density at radius 3 is 2.02 bits per heavy atom. The molecular formula is C37H33F10NO5. The van der Waals surface area contributed by atoms with Gasteiger partial charge in [-0.05, 0) is 96.3 Å². The average Bonchev–Trinajstić information content (AvgIpc) is 3.34. The molecule has 1 fully saturated rings. The Morgan fingerprint density at radius 2 is 1.49 bits per heavy atom. The van der Waals surface area contributed by atoms with Gasteiger partial charge < -0.3 is 14.2 Å². The summed E-state index contributed by atoms with van der Waals surface area (Å²) in [4.78, 5) is 26.4. The van der Waals surface area contributed by atoms with E-state index in [0.29, 0.717) is 29.7 Å². The van der Waals surface area contributed by atoms with Gasteiger partial charge in [0.25, 0.3) is 0 Å². The molecule has 1 aliphatic carbocycles. The van der Waals surface area contributed by atoms with Crippen LogP contribution in [0.4, 0.5) is 48.7 Å². The number of ether oxygens (including phenoxy) is 3. The second kappa shape index (κ2) is 13.9. The molecule has 0 spiro atoms. The number of cyclic esters (lactones) is 1. The fraction of sp³-hybridized carbons (Fsp3) is 0.405. The van der Waals surface area contributed by atoms with Gasteiger partial charge in [-0.3, -0.25) is 4.90 Å². The minimum atomic E-state index is -5.14. The fourth-order valence-corrected chi connectivity index (χ4v) is 6.82. The quantitative estimate of drug-likeness (QED) is 0.177. The largest absolute Gasteiger partial charge is 0.496 e. The van der Waals surface area contributed by atoms with Crippen LogP contribution in [-0.2, 0) is 28.0 Å². The number of esters is 1. The van der Waals surface area contributed by atoms with Gasteiger partial charge in [-0.2, -0.15) is 39.5 Å². The molecule has 5 rings (SSSR count). The molecule has 2 aliphatic rings. The summed E-state index contributed by atoms with van der Waals surface area (Å²) >= 11 is 0. The molecule has 6 nitrogen and oxygen atoms in total. The Balaban J connectivity index is 1.63. The van der Waals surface area contributed by atoms with Crippen molar-refractivity contribution >= 4 is 17.6 Å². The predicted molar refractivity (Wildman–Crippen MR) is 171 cm³/mol. The molecule has 1 heterocycles. The van der Waals surface area contributed by atoms with Gasteiger partial charge in [0, 0.05) is 17.7 Å². The van der Waals surface area contributed by atoms with E-state index in [1.807, 2.05) is 13.8 Å². The molecule has 3 aromatic carbocycles. The maximum Gasteiger partial charge on any atom is 0.417 e. The lowest BCUT2D eigenvalue weighted by molar-refractivity contribution is -0.143. The summed E-state index contributed by atoms with van der Waals surface area (Å²) in [6.07, 6.45) is -16.8. The third kappa shape index (κ3) is 8.10. The number of allylic oxidation sites excluding steroid dienone is 1. The molecule has 1 aliphatic heterocycles. The van der Waals surface area contributed by atoms with E-state index in [-0.39, 0.29) is 42.3 Å². The van der Waals surface area contributed by atoms with Gasteiger partial charge in [0.15, 0.2) is 0 Å². The van der Waals surface area contributed by atoms with E-state index in [2.05, 4.69) is 4.74 Å². The minimum absolute atomic E-state index is 0.0328. The zero-order valence-electron chi connectivity index (χ0n) is 28.9. The van der Waals surface area contributed by atoms with E-state index < -0.39 is 87.4 Å². The van der Waals surface area contributed by atoms with Crippen molar-refractivity contribution in [1.29, 1.82) is 0 Å². The van der Waals surface area contributed by atoms with Crippen LogP contribution in [0.5, 0.6) is 5.75 Å². The molecule has 1 amide bonds. The van der Waals surface area contributed by atoms with Crippen LogP contribution in [0.25, 0.3) is 16.7 Å². The molecule has 0 aromatic heterocycles. The highest BCUT2D eigenvalue weighted by Gasteiger charge is 2.45. The lowest BCUT2D eigenvalue weighted by atomic mass is 9.72. The van der Waals surface area contributed by atoms with Crippen molar-refractivity contribution in [2.24, 2.45) is 5.41 Å². The van der Waals surface area contributed by atoms with Gasteiger partial charge in [0.2, 0.25) is 0 Å². The van der Waals surface area contributed by atoms with Crippen LogP contribution in [0.2, 0.25) is 0 Å². The molecule has 286 valence electrons. The van der Waals surface area contributed by atoms with Crippen LogP contribution in [0.3, 0.4) is 0 Å². The Bertz CT molecular complexity index is 1930. The number of carbonyl (C=O) groups is 2. The second-order valence-electron chi connectivity index (χ2n) is 13.7. The van der Waals surface area contributed by atoms with Gasteiger partial charge in [0.05, 0.1) is 42.5 Å². The molecule has 0 saturated carbocycles. The smallest absolute Gasteiger partial charge is 0.417 e. The molecule has 1 saturated heterocycles. The summed E-state index contributed by atoms with van der Waals surface area (Å²) in [6, 6.07) is 4.58. The van der Waals surface area contributed by atoms with Crippen LogP contribution >= 0.6 is 0 Å². The van der Waals surface area contributed by atoms with Crippen molar-refractivity contribution in [2.75, 3.05) is 20.8 Å². The zero-order chi connectivity index (χ0) is 39.4. The molecule has 0 bridgehead atoms. The van der Waals surface area contributed by atoms with Crippen LogP contribution in [0.1, 0.15) is 84.3 Å². The molecule has 53 heavy (non-hydrogen) atoms. The number of hydrogen-bond donors (Lipinski definition) is 0. The Labute approximate surface area is 297 Å². The fourth-order valence-electron chi connectivity index (χ4n) is 6.82. The van der Waals surface area contributed by atoms with Crippen LogP contribution in [0, 0.1) is 11.2 Å². The Morgan fingerprint density at radius 1 is 0.868 bits per heavy atom. The van der Waals surface area contributed by atoms with E-state index in [9.17, 15) is 49.1 Å². The Kier molecular flexibility index (Phi) is 10.3. The minimum Gasteiger partial charge on any atom is -0.496 e. The van der Waals surface area contributed by atoms with Gasteiger partial charge in [-0.15, -0.1) is 0 Å². The summed E-state index contributed by atoms with van der Waals surface area (Å²) in [6.45, 7) is 4.97. The number of rotatable bonds is 7. The summed E-state index contributed by atoms with van der Waals surface area (Å²) in [5, 5.41) is 0. The lowest BCUT2D eigenvalue weighted by Gasteiger charge is -2.36. The predicted octanol–water partition coefficient (Wildman–Crippen LogP) is 10.9. The van der Waals surface area contributed by atoms with Crippen molar-refractivity contribution in [3.05, 3.63) is 93.3 Å². The Hall–Kier alpha value is -4.76. The highest BCUT2D eigenvalue weighted by molar-refractivity contribution is 5.90. The van der Waals surface area contributed by atoms with E-state index in [0.717, 1.165) is 49.5 Å². The molecule has 3 aromatic rings. The number of benzene rings is 3. The number of amides is 1. The molecule has 2 atom stereocenters. The lowest BCUT2D eigenvalue weighted by Crippen LogP contribution is -2.35. The summed E-state index contributed by atoms with van der Waals surface area (Å²) in [5.41, 5.74) is -5.52. The first-order chi connectivity index (χ1) is 24.4. The maximum absolute atomic E-state index is 15.4. The first-order valence-electron chi connectivity index (χ1n) is 16.1. The third-order valence-electron chi connectivity index (χ3n) is 9.51. The molecule has 0 unspecified atom stereocenters. The SMILES string of the molecule is COC(=O)c1ccc(-c2cc(C3=C(CN4C(=O)O[C@H](c5cc(C(F)(F)F)cc(C(F)(F)F)c5)[C@@H]4C)CC(C)(C)CC3)c(OC)cc2C(F)(F)F)c(F)c1. The third-order valence-corrected chi connectivity index (χ3v) is 9.51. The van der Waals surface area contributed by atoms with Crippen LogP contribution in [-0.4, -0.2) is 43.8 Å². The zero-order valence-corrected chi connectivity index (χ0v) is 28.9. The number of methoxy groups -OCH3 is 2. The van der Waals surface area contributed by atoms with E-state index >= 15 is 4.39 Å². The number of carbonyl (C=O) groups excluding carboxylic acids is 2. The van der Waals surface area contributed by atoms with Crippen molar-refractivity contribution in [1.82, 2.24) is 4.90 Å². The molecule has 16 heteroatoms. The van der Waals surface area contributed by atoms with Crippen LogP contribution in [0.15, 0.2) is 54.1 Å². The van der Waals surface area contributed by atoms with Crippen molar-refractivity contribution in [3.63, 3.8) is 0 Å². The first-order valence-corrected chi connectivity index (χ1v) is 16.1. The van der Waals surface area contributed by atoms with Crippen molar-refractivity contribution in [3.8, 4) is 16.9 Å². The highest BCUT2D eigenvalue weighted by Crippen LogP contribution is 2.49. The topological polar surface area (TPSA) is 65.1 Å². The van der Waals surface area contributed by atoms with Gasteiger partial charge in [0.1, 0.15) is 17.7 Å². The summed E-state index contributed by atoms with van der Waals surface area (Å²) in [7, 11) is 2.20. The van der Waals surface area contributed by atoms with E-state index in [1.54, 1.807) is 0 Å². The van der Waals surface area contributed by atoms with Crippen molar-refractivity contribution in [2.45, 2.75) is 70.7 Å². The summed E-state index contributed by atoms with van der Waals surface area (Å²) in [5.74, 6) is -2.28. The first kappa shape index (κ1) is 39.4. The van der Waals surface area contributed by atoms with Gasteiger partial charge in [-0.25, -0.2) is 14.0 Å². The highest BCUT2D eigenvalue weighted by atomic mass is 19.4. The van der Waals surface area contributed by atoms with Crippen molar-refractivity contribution < 1.29 is 67.7 Å². The maximum atomic E-state index is 15.4. The number of halogens is 10. The number of alkyl halides is 9. The van der Waals surface area contributed by atoms with Gasteiger partial charge in [-0.1, -0.05) is 19.9 Å². The normalized spacial score (nSPS) is 19.4. The van der Waals surface area contributed by atoms with Crippen LogP contribution < -0.4 is 4.74 Å².